The van der Waals surface area contributed by atoms with Crippen LogP contribution in [0.15, 0.2) is 11.6 Å². The summed E-state index contributed by atoms with van der Waals surface area (Å²) in [5.41, 5.74) is 1.57. The van der Waals surface area contributed by atoms with Gasteiger partial charge in [0.05, 0.1) is 25.9 Å². The Labute approximate surface area is 129 Å². The first-order valence-electron chi connectivity index (χ1n) is 8.55. The molecule has 0 amide bonds. The molecule has 0 fully saturated rings. The number of hydrogen-bond donors (Lipinski definition) is 2. The SMILES string of the molecule is CCCCOCCOCC(O)CNCCC1=CCCCC1. The van der Waals surface area contributed by atoms with Crippen LogP contribution in [-0.2, 0) is 9.47 Å². The van der Waals surface area contributed by atoms with Crippen molar-refractivity contribution < 1.29 is 14.6 Å². The first-order valence-corrected chi connectivity index (χ1v) is 8.55. The average molecular weight is 299 g/mol. The van der Waals surface area contributed by atoms with E-state index in [9.17, 15) is 5.11 Å². The molecule has 0 spiro atoms. The zero-order valence-electron chi connectivity index (χ0n) is 13.6. The van der Waals surface area contributed by atoms with Gasteiger partial charge in [-0.2, -0.15) is 0 Å². The number of rotatable bonds is 13. The number of aliphatic hydroxyl groups excluding tert-OH is 1. The van der Waals surface area contributed by atoms with Crippen molar-refractivity contribution in [3.05, 3.63) is 11.6 Å². The molecule has 1 aliphatic carbocycles. The minimum Gasteiger partial charge on any atom is -0.389 e. The van der Waals surface area contributed by atoms with Crippen LogP contribution in [0, 0.1) is 0 Å². The molecule has 0 aliphatic heterocycles. The number of unbranched alkanes of at least 4 members (excludes halogenated alkanes) is 1. The second kappa shape index (κ2) is 13.3. The fourth-order valence-electron chi connectivity index (χ4n) is 2.39. The maximum absolute atomic E-state index is 9.78. The molecular weight excluding hydrogens is 266 g/mol. The molecule has 0 bridgehead atoms. The summed E-state index contributed by atoms with van der Waals surface area (Å²) in [7, 11) is 0. The van der Waals surface area contributed by atoms with Gasteiger partial charge in [0.25, 0.3) is 0 Å². The van der Waals surface area contributed by atoms with E-state index in [0.29, 0.717) is 26.4 Å². The summed E-state index contributed by atoms with van der Waals surface area (Å²) in [5.74, 6) is 0. The first-order chi connectivity index (χ1) is 10.3. The Balaban J connectivity index is 1.85. The van der Waals surface area contributed by atoms with Gasteiger partial charge in [0.1, 0.15) is 0 Å². The maximum atomic E-state index is 9.78. The number of ether oxygens (including phenoxy) is 2. The number of allylic oxidation sites excluding steroid dienone is 1. The largest absolute Gasteiger partial charge is 0.389 e. The molecule has 21 heavy (non-hydrogen) atoms. The zero-order chi connectivity index (χ0) is 15.2. The van der Waals surface area contributed by atoms with Crippen molar-refractivity contribution in [2.45, 2.75) is 58.0 Å². The Morgan fingerprint density at radius 1 is 1.24 bits per heavy atom. The fraction of sp³-hybridized carbons (Fsp3) is 0.882. The molecule has 0 aromatic carbocycles. The van der Waals surface area contributed by atoms with E-state index in [1.54, 1.807) is 5.57 Å². The number of hydrogen-bond acceptors (Lipinski definition) is 4. The highest BCUT2D eigenvalue weighted by molar-refractivity contribution is 5.05. The number of nitrogens with one attached hydrogen (secondary N) is 1. The molecule has 4 nitrogen and oxygen atoms in total. The molecule has 4 heteroatoms. The van der Waals surface area contributed by atoms with Gasteiger partial charge in [0.15, 0.2) is 0 Å². The standard InChI is InChI=1S/C17H33NO3/c1-2-3-11-20-12-13-21-15-17(19)14-18-10-9-16-7-5-4-6-8-16/h7,17-19H,2-6,8-15H2,1H3. The van der Waals surface area contributed by atoms with Crippen LogP contribution in [0.3, 0.4) is 0 Å². The van der Waals surface area contributed by atoms with E-state index in [-0.39, 0.29) is 0 Å². The van der Waals surface area contributed by atoms with Gasteiger partial charge in [-0.05, 0) is 45.1 Å². The molecule has 0 aromatic heterocycles. The molecule has 124 valence electrons. The summed E-state index contributed by atoms with van der Waals surface area (Å²) in [6.07, 6.45) is 10.5. The van der Waals surface area contributed by atoms with Crippen molar-refractivity contribution in [3.63, 3.8) is 0 Å². The smallest absolute Gasteiger partial charge is 0.0897 e. The lowest BCUT2D eigenvalue weighted by Gasteiger charge is -2.15. The third-order valence-corrected chi connectivity index (χ3v) is 3.71. The van der Waals surface area contributed by atoms with Crippen molar-refractivity contribution in [2.24, 2.45) is 0 Å². The van der Waals surface area contributed by atoms with Crippen molar-refractivity contribution in [1.82, 2.24) is 5.32 Å². The van der Waals surface area contributed by atoms with Crippen molar-refractivity contribution in [2.75, 3.05) is 39.5 Å². The summed E-state index contributed by atoms with van der Waals surface area (Å²) in [4.78, 5) is 0. The minimum atomic E-state index is -0.430. The predicted octanol–water partition coefficient (Wildman–Crippen LogP) is 2.66. The van der Waals surface area contributed by atoms with E-state index in [4.69, 9.17) is 9.47 Å². The lowest BCUT2D eigenvalue weighted by Crippen LogP contribution is -2.31. The van der Waals surface area contributed by atoms with E-state index in [2.05, 4.69) is 18.3 Å². The molecular formula is C17H33NO3. The Hall–Kier alpha value is -0.420. The van der Waals surface area contributed by atoms with Gasteiger partial charge < -0.3 is 19.9 Å². The van der Waals surface area contributed by atoms with Gasteiger partial charge in [-0.1, -0.05) is 25.0 Å². The third-order valence-electron chi connectivity index (χ3n) is 3.71. The lowest BCUT2D eigenvalue weighted by atomic mass is 9.97. The Kier molecular flexibility index (Phi) is 11.8. The average Bonchev–Trinajstić information content (AvgIpc) is 2.52. The molecule has 1 atom stereocenters. The molecule has 0 radical (unpaired) electrons. The minimum absolute atomic E-state index is 0.382. The monoisotopic (exact) mass is 299 g/mol. The molecule has 0 saturated heterocycles. The topological polar surface area (TPSA) is 50.7 Å². The highest BCUT2D eigenvalue weighted by atomic mass is 16.5. The van der Waals surface area contributed by atoms with Crippen LogP contribution >= 0.6 is 0 Å². The van der Waals surface area contributed by atoms with Gasteiger partial charge in [-0.3, -0.25) is 0 Å². The molecule has 0 heterocycles. The summed E-state index contributed by atoms with van der Waals surface area (Å²) in [6, 6.07) is 0. The second-order valence-corrected chi connectivity index (χ2v) is 5.76. The Morgan fingerprint density at radius 2 is 2.10 bits per heavy atom. The van der Waals surface area contributed by atoms with Crippen molar-refractivity contribution >= 4 is 0 Å². The van der Waals surface area contributed by atoms with E-state index < -0.39 is 6.10 Å². The van der Waals surface area contributed by atoms with Crippen LogP contribution in [0.1, 0.15) is 51.9 Å². The molecule has 0 saturated carbocycles. The molecule has 2 N–H and O–H groups in total. The van der Waals surface area contributed by atoms with Crippen LogP contribution in [-0.4, -0.2) is 50.7 Å². The van der Waals surface area contributed by atoms with Gasteiger partial charge in [0, 0.05) is 13.2 Å². The van der Waals surface area contributed by atoms with Gasteiger partial charge in [-0.15, -0.1) is 0 Å². The summed E-state index contributed by atoms with van der Waals surface area (Å²) >= 11 is 0. The van der Waals surface area contributed by atoms with Crippen LogP contribution in [0.5, 0.6) is 0 Å². The maximum Gasteiger partial charge on any atom is 0.0897 e. The van der Waals surface area contributed by atoms with Crippen molar-refractivity contribution in [1.29, 1.82) is 0 Å². The summed E-state index contributed by atoms with van der Waals surface area (Å²) in [6.45, 7) is 6.07. The molecule has 1 rings (SSSR count). The molecule has 1 aliphatic rings. The van der Waals surface area contributed by atoms with E-state index in [1.165, 1.54) is 25.7 Å². The van der Waals surface area contributed by atoms with E-state index in [0.717, 1.165) is 32.4 Å². The second-order valence-electron chi connectivity index (χ2n) is 5.76. The van der Waals surface area contributed by atoms with Crippen LogP contribution < -0.4 is 5.32 Å². The van der Waals surface area contributed by atoms with Crippen molar-refractivity contribution in [3.8, 4) is 0 Å². The zero-order valence-corrected chi connectivity index (χ0v) is 13.6. The lowest BCUT2D eigenvalue weighted by molar-refractivity contribution is 0.00401. The Bertz CT molecular complexity index is 269. The molecule has 1 unspecified atom stereocenters. The van der Waals surface area contributed by atoms with Crippen LogP contribution in [0.25, 0.3) is 0 Å². The van der Waals surface area contributed by atoms with Crippen LogP contribution in [0.4, 0.5) is 0 Å². The quantitative estimate of drug-likeness (QED) is 0.405. The summed E-state index contributed by atoms with van der Waals surface area (Å²) in [5, 5.41) is 13.1. The number of aliphatic hydroxyl groups is 1. The first kappa shape index (κ1) is 18.6. The van der Waals surface area contributed by atoms with E-state index >= 15 is 0 Å². The normalized spacial score (nSPS) is 16.8. The summed E-state index contributed by atoms with van der Waals surface area (Å²) < 4.78 is 10.8. The highest BCUT2D eigenvalue weighted by Crippen LogP contribution is 2.19. The van der Waals surface area contributed by atoms with Gasteiger partial charge in [-0.25, -0.2) is 0 Å². The molecule has 0 aromatic rings. The Morgan fingerprint density at radius 3 is 2.86 bits per heavy atom. The predicted molar refractivity (Wildman–Crippen MR) is 86.6 cm³/mol. The van der Waals surface area contributed by atoms with Crippen LogP contribution in [0.2, 0.25) is 0 Å². The van der Waals surface area contributed by atoms with Gasteiger partial charge >= 0.3 is 0 Å². The third kappa shape index (κ3) is 10.9. The van der Waals surface area contributed by atoms with E-state index in [1.807, 2.05) is 0 Å². The fourth-order valence-corrected chi connectivity index (χ4v) is 2.39. The highest BCUT2D eigenvalue weighted by Gasteiger charge is 2.05. The van der Waals surface area contributed by atoms with Gasteiger partial charge in [0.2, 0.25) is 0 Å².